The summed E-state index contributed by atoms with van der Waals surface area (Å²) in [6.45, 7) is 2.39. The Morgan fingerprint density at radius 1 is 0.806 bits per heavy atom. The summed E-state index contributed by atoms with van der Waals surface area (Å²) >= 11 is 0. The maximum absolute atomic E-state index is 9.93. The van der Waals surface area contributed by atoms with Crippen molar-refractivity contribution in [2.24, 2.45) is 0 Å². The quantitative estimate of drug-likeness (QED) is 0.158. The Morgan fingerprint density at radius 2 is 1.29 bits per heavy atom. The fourth-order valence-corrected chi connectivity index (χ4v) is 4.16. The molecule has 1 aliphatic rings. The van der Waals surface area contributed by atoms with Gasteiger partial charge in [-0.2, -0.15) is 0 Å². The van der Waals surface area contributed by atoms with Gasteiger partial charge in [0.25, 0.3) is 0 Å². The van der Waals surface area contributed by atoms with Crippen LogP contribution >= 0.6 is 0 Å². The minimum absolute atomic E-state index is 0.0536. The number of hydrogen-bond donors (Lipinski definition) is 3. The van der Waals surface area contributed by atoms with Crippen molar-refractivity contribution in [3.05, 3.63) is 12.3 Å². The Kier molecular flexibility index (Phi) is 18.3. The van der Waals surface area contributed by atoms with Crippen molar-refractivity contribution in [1.82, 2.24) is 0 Å². The summed E-state index contributed by atoms with van der Waals surface area (Å²) in [5.74, 6) is 0. The van der Waals surface area contributed by atoms with Crippen LogP contribution in [0.25, 0.3) is 0 Å². The molecule has 1 aliphatic heterocycles. The summed E-state index contributed by atoms with van der Waals surface area (Å²) in [4.78, 5) is 0. The van der Waals surface area contributed by atoms with E-state index in [-0.39, 0.29) is 13.2 Å². The van der Waals surface area contributed by atoms with Gasteiger partial charge in [0, 0.05) is 0 Å². The topological polar surface area (TPSA) is 79.2 Å². The molecule has 0 aliphatic carbocycles. The van der Waals surface area contributed by atoms with E-state index in [2.05, 4.69) is 6.92 Å². The molecule has 1 fully saturated rings. The van der Waals surface area contributed by atoms with E-state index in [1.165, 1.54) is 96.3 Å². The number of hydrogen-bond acceptors (Lipinski definition) is 5. The van der Waals surface area contributed by atoms with E-state index in [9.17, 15) is 15.3 Å². The first kappa shape index (κ1) is 28.4. The van der Waals surface area contributed by atoms with Gasteiger partial charge in [0.15, 0.2) is 0 Å². The zero-order valence-corrected chi connectivity index (χ0v) is 20.1. The van der Waals surface area contributed by atoms with Crippen molar-refractivity contribution in [2.45, 2.75) is 140 Å². The minimum atomic E-state index is -1.05. The van der Waals surface area contributed by atoms with Gasteiger partial charge in [-0.15, -0.1) is 0 Å². The van der Waals surface area contributed by atoms with E-state index in [1.807, 2.05) is 6.08 Å². The molecule has 0 aromatic carbocycles. The second-order valence-electron chi connectivity index (χ2n) is 9.22. The van der Waals surface area contributed by atoms with Crippen LogP contribution in [0.15, 0.2) is 12.3 Å². The fraction of sp³-hybridized carbons (Fsp3) is 0.923. The van der Waals surface area contributed by atoms with Crippen molar-refractivity contribution in [1.29, 1.82) is 0 Å². The van der Waals surface area contributed by atoms with E-state index in [0.717, 1.165) is 12.8 Å². The van der Waals surface area contributed by atoms with E-state index in [0.29, 0.717) is 0 Å². The summed E-state index contributed by atoms with van der Waals surface area (Å²) < 4.78 is 10.5. The third-order valence-electron chi connectivity index (χ3n) is 6.25. The summed E-state index contributed by atoms with van der Waals surface area (Å²) in [6, 6.07) is 0. The highest BCUT2D eigenvalue weighted by atomic mass is 16.5. The van der Waals surface area contributed by atoms with Gasteiger partial charge in [-0.25, -0.2) is 0 Å². The zero-order valence-electron chi connectivity index (χ0n) is 20.1. The molecule has 0 aromatic heterocycles. The first-order valence-electron chi connectivity index (χ1n) is 13.1. The van der Waals surface area contributed by atoms with E-state index < -0.39 is 24.4 Å². The van der Waals surface area contributed by atoms with Gasteiger partial charge in [-0.3, -0.25) is 0 Å². The number of allylic oxidation sites excluding steroid dienone is 1. The molecule has 1 saturated heterocycles. The molecule has 0 radical (unpaired) electrons. The molecule has 0 saturated carbocycles. The Bertz CT molecular complexity index is 415. The zero-order chi connectivity index (χ0) is 22.6. The maximum atomic E-state index is 9.93. The molecule has 5 heteroatoms. The van der Waals surface area contributed by atoms with E-state index >= 15 is 0 Å². The summed E-state index contributed by atoms with van der Waals surface area (Å²) in [5.41, 5.74) is 0. The molecule has 5 nitrogen and oxygen atoms in total. The number of rotatable bonds is 21. The highest BCUT2D eigenvalue weighted by Crippen LogP contribution is 2.18. The smallest absolute Gasteiger partial charge is 0.117 e. The second kappa shape index (κ2) is 20.0. The van der Waals surface area contributed by atoms with E-state index in [4.69, 9.17) is 9.47 Å². The van der Waals surface area contributed by atoms with Crippen LogP contribution < -0.4 is 0 Å². The Morgan fingerprint density at radius 3 is 1.74 bits per heavy atom. The lowest BCUT2D eigenvalue weighted by atomic mass is 10.0. The molecule has 0 amide bonds. The molecule has 4 atom stereocenters. The lowest BCUT2D eigenvalue weighted by molar-refractivity contribution is -0.0703. The molecule has 1 rings (SSSR count). The normalized spacial score (nSPS) is 22.4. The predicted octanol–water partition coefficient (Wildman–Crippen LogP) is 5.65. The molecule has 3 N–H and O–H groups in total. The number of unbranched alkanes of at least 4 members (excludes halogenated alkanes) is 16. The summed E-state index contributed by atoms with van der Waals surface area (Å²) in [6.07, 6.45) is 22.9. The lowest BCUT2D eigenvalue weighted by Gasteiger charge is -2.20. The second-order valence-corrected chi connectivity index (χ2v) is 9.22. The molecule has 0 unspecified atom stereocenters. The SMILES string of the molecule is CCCCCCCCCCCCCCCCCC/C=C/OC[C@H](O)[C@H]1OC[C@@H](O)[C@H]1O. The first-order valence-corrected chi connectivity index (χ1v) is 13.1. The molecule has 0 bridgehead atoms. The monoisotopic (exact) mass is 442 g/mol. The molecule has 184 valence electrons. The molecule has 31 heavy (non-hydrogen) atoms. The average molecular weight is 443 g/mol. The van der Waals surface area contributed by atoms with Gasteiger partial charge in [0.05, 0.1) is 12.9 Å². The Balaban J connectivity index is 1.77. The highest BCUT2D eigenvalue weighted by Gasteiger charge is 2.39. The van der Waals surface area contributed by atoms with Crippen LogP contribution in [0, 0.1) is 0 Å². The van der Waals surface area contributed by atoms with Crippen molar-refractivity contribution in [3.63, 3.8) is 0 Å². The molecule has 1 heterocycles. The van der Waals surface area contributed by atoms with Crippen LogP contribution in [0.1, 0.15) is 116 Å². The number of ether oxygens (including phenoxy) is 2. The lowest BCUT2D eigenvalue weighted by Crippen LogP contribution is -2.40. The number of aliphatic hydroxyl groups excluding tert-OH is 3. The maximum Gasteiger partial charge on any atom is 0.117 e. The third-order valence-corrected chi connectivity index (χ3v) is 6.25. The predicted molar refractivity (Wildman–Crippen MR) is 127 cm³/mol. The van der Waals surface area contributed by atoms with Crippen molar-refractivity contribution >= 4 is 0 Å². The van der Waals surface area contributed by atoms with Gasteiger partial charge >= 0.3 is 0 Å². The van der Waals surface area contributed by atoms with Crippen LogP contribution in [-0.2, 0) is 9.47 Å². The summed E-state index contributed by atoms with van der Waals surface area (Å²) in [5, 5.41) is 29.0. The van der Waals surface area contributed by atoms with Crippen LogP contribution in [0.3, 0.4) is 0 Å². The third kappa shape index (κ3) is 15.0. The van der Waals surface area contributed by atoms with Crippen LogP contribution in [-0.4, -0.2) is 52.9 Å². The standard InChI is InChI=1S/C26H50O5/c1-2-3-4-5-6-7-8-9-10-11-12-13-14-15-16-17-18-19-20-30-21-24(28)26-25(29)23(27)22-31-26/h19-20,23-29H,2-18,21-22H2,1H3/b20-19+/t23-,24+,25-,26-/m1/s1. The molecular formula is C26H50O5. The van der Waals surface area contributed by atoms with Gasteiger partial charge in [0.1, 0.15) is 31.0 Å². The molecule has 0 spiro atoms. The molecule has 0 aromatic rings. The Labute approximate surface area is 191 Å². The van der Waals surface area contributed by atoms with Crippen molar-refractivity contribution < 1.29 is 24.8 Å². The number of aliphatic hydroxyl groups is 3. The fourth-order valence-electron chi connectivity index (χ4n) is 4.16. The largest absolute Gasteiger partial charge is 0.499 e. The molecular weight excluding hydrogens is 392 g/mol. The van der Waals surface area contributed by atoms with Gasteiger partial charge < -0.3 is 24.8 Å². The van der Waals surface area contributed by atoms with Crippen molar-refractivity contribution in [3.8, 4) is 0 Å². The van der Waals surface area contributed by atoms with Gasteiger partial charge in [-0.05, 0) is 18.9 Å². The Hall–Kier alpha value is -0.620. The van der Waals surface area contributed by atoms with Crippen LogP contribution in [0.2, 0.25) is 0 Å². The minimum Gasteiger partial charge on any atom is -0.499 e. The first-order chi connectivity index (χ1) is 15.2. The van der Waals surface area contributed by atoms with E-state index in [1.54, 1.807) is 6.26 Å². The van der Waals surface area contributed by atoms with Gasteiger partial charge in [-0.1, -0.05) is 103 Å². The van der Waals surface area contributed by atoms with Gasteiger partial charge in [0.2, 0.25) is 0 Å². The van der Waals surface area contributed by atoms with Crippen LogP contribution in [0.4, 0.5) is 0 Å². The van der Waals surface area contributed by atoms with Crippen molar-refractivity contribution in [2.75, 3.05) is 13.2 Å². The average Bonchev–Trinajstić information content (AvgIpc) is 3.10. The summed E-state index contributed by atoms with van der Waals surface area (Å²) in [7, 11) is 0. The highest BCUT2D eigenvalue weighted by molar-refractivity contribution is 4.88. The van der Waals surface area contributed by atoms with Crippen LogP contribution in [0.5, 0.6) is 0 Å².